The van der Waals surface area contributed by atoms with Crippen molar-refractivity contribution in [3.05, 3.63) is 72.9 Å². The smallest absolute Gasteiger partial charge is 0.306 e. The van der Waals surface area contributed by atoms with Crippen LogP contribution in [-0.2, 0) is 23.8 Å². The molecule has 8 atom stereocenters. The van der Waals surface area contributed by atoms with E-state index in [4.69, 9.17) is 14.2 Å². The molecule has 8 unspecified atom stereocenters. The third kappa shape index (κ3) is 41.7. The van der Waals surface area contributed by atoms with Gasteiger partial charge in [0.15, 0.2) is 12.4 Å². The van der Waals surface area contributed by atoms with E-state index in [1.54, 1.807) is 6.08 Å². The minimum Gasteiger partial charge on any atom is -0.454 e. The molecule has 77 heavy (non-hydrogen) atoms. The highest BCUT2D eigenvalue weighted by molar-refractivity contribution is 5.80. The van der Waals surface area contributed by atoms with E-state index in [0.717, 1.165) is 57.8 Å². The molecule has 1 amide bonds. The second-order valence-corrected chi connectivity index (χ2v) is 21.8. The fraction of sp³-hybridized carbons (Fsp3) is 0.788. The first-order valence-electron chi connectivity index (χ1n) is 31.8. The van der Waals surface area contributed by atoms with Crippen molar-refractivity contribution in [1.82, 2.24) is 5.32 Å². The number of carbonyl (C=O) groups excluding carboxylic acids is 2. The summed E-state index contributed by atoms with van der Waals surface area (Å²) >= 11 is 0. The van der Waals surface area contributed by atoms with E-state index in [1.165, 1.54) is 167 Å². The standard InChI is InChI=1S/C66H117NO10/c1-4-7-10-13-16-19-22-25-26-27-28-29-30-31-32-33-34-36-39-42-45-48-51-54-61(71)77-64-63(73)62(72)60(55-68)76-66(64)75-56-57(58(69)52-49-46-43-40-38-35-23-20-17-14-11-8-5-2)67-65(74)59(70)53-50-47-44-41-37-24-21-18-15-12-9-6-3/h9,12,15,18,21,24-26,37,41,49,52,57-60,62-64,66,68-70,72-73H,4-8,10-11,13-14,16-17,19-20,22-23,27-36,38-40,42-48,50-51,53-56H2,1-3H3,(H,67,74)/b12-9+,18-15+,24-21-,26-25+,41-37-,52-49+. The highest BCUT2D eigenvalue weighted by atomic mass is 16.7. The number of unbranched alkanes of at least 4 members (excludes halogenated alkanes) is 32. The van der Waals surface area contributed by atoms with Crippen LogP contribution < -0.4 is 5.32 Å². The minimum atomic E-state index is -1.62. The van der Waals surface area contributed by atoms with Gasteiger partial charge < -0.3 is 45.1 Å². The first kappa shape index (κ1) is 72.1. The minimum absolute atomic E-state index is 0.117. The molecule has 6 N–H and O–H groups in total. The normalized spacial score (nSPS) is 19.5. The molecule has 11 nitrogen and oxygen atoms in total. The molecular weight excluding hydrogens is 967 g/mol. The van der Waals surface area contributed by atoms with Gasteiger partial charge in [0.25, 0.3) is 0 Å². The van der Waals surface area contributed by atoms with E-state index in [-0.39, 0.29) is 19.4 Å². The van der Waals surface area contributed by atoms with Crippen LogP contribution >= 0.6 is 0 Å². The molecule has 1 heterocycles. The zero-order valence-electron chi connectivity index (χ0n) is 49.3. The number of carbonyl (C=O) groups is 2. The Morgan fingerprint density at radius 1 is 0.519 bits per heavy atom. The predicted molar refractivity (Wildman–Crippen MR) is 319 cm³/mol. The molecular formula is C66H117NO10. The number of amides is 1. The third-order valence-electron chi connectivity index (χ3n) is 14.7. The van der Waals surface area contributed by atoms with Crippen molar-refractivity contribution in [2.45, 2.75) is 320 Å². The number of rotatable bonds is 53. The number of allylic oxidation sites excluding steroid dienone is 11. The van der Waals surface area contributed by atoms with Gasteiger partial charge in [-0.05, 0) is 70.6 Å². The lowest BCUT2D eigenvalue weighted by Gasteiger charge is -2.41. The molecule has 446 valence electrons. The second-order valence-electron chi connectivity index (χ2n) is 21.8. The van der Waals surface area contributed by atoms with Crippen molar-refractivity contribution in [1.29, 1.82) is 0 Å². The Morgan fingerprint density at radius 3 is 1.44 bits per heavy atom. The molecule has 0 bridgehead atoms. The summed E-state index contributed by atoms with van der Waals surface area (Å²) in [6.07, 6.45) is 58.1. The van der Waals surface area contributed by atoms with Crippen LogP contribution in [0.5, 0.6) is 0 Å². The first-order chi connectivity index (χ1) is 37.7. The van der Waals surface area contributed by atoms with E-state index < -0.39 is 67.4 Å². The summed E-state index contributed by atoms with van der Waals surface area (Å²) in [7, 11) is 0. The van der Waals surface area contributed by atoms with Crippen LogP contribution in [0.4, 0.5) is 0 Å². The van der Waals surface area contributed by atoms with Crippen molar-refractivity contribution in [3.8, 4) is 0 Å². The zero-order chi connectivity index (χ0) is 56.1. The summed E-state index contributed by atoms with van der Waals surface area (Å²) in [5, 5.41) is 56.9. The number of hydrogen-bond donors (Lipinski definition) is 6. The van der Waals surface area contributed by atoms with Crippen molar-refractivity contribution in [2.24, 2.45) is 0 Å². The lowest BCUT2D eigenvalue weighted by atomic mass is 9.99. The van der Waals surface area contributed by atoms with Gasteiger partial charge in [-0.2, -0.15) is 0 Å². The Labute approximate surface area is 471 Å². The highest BCUT2D eigenvalue weighted by Gasteiger charge is 2.47. The van der Waals surface area contributed by atoms with Gasteiger partial charge in [-0.25, -0.2) is 0 Å². The van der Waals surface area contributed by atoms with Crippen molar-refractivity contribution in [3.63, 3.8) is 0 Å². The SMILES string of the molecule is CC/C=C/C=C/C=C\C=C/CCCCC(O)C(=O)NC(COC1OC(CO)C(O)C(O)C1OC(=O)CCCCCCCCCCCCCCC/C=C/CCCCCCCC)C(O)/C=C/CCCCCCCCCCCCC. The maximum Gasteiger partial charge on any atom is 0.306 e. The monoisotopic (exact) mass is 1080 g/mol. The molecule has 0 aromatic rings. The second kappa shape index (κ2) is 53.7. The largest absolute Gasteiger partial charge is 0.454 e. The molecule has 0 spiro atoms. The lowest BCUT2D eigenvalue weighted by molar-refractivity contribution is -0.305. The van der Waals surface area contributed by atoms with Crippen LogP contribution in [0, 0.1) is 0 Å². The average molecular weight is 1080 g/mol. The van der Waals surface area contributed by atoms with Crippen LogP contribution in [0.3, 0.4) is 0 Å². The molecule has 0 aromatic carbocycles. The Bertz CT molecular complexity index is 1530. The molecule has 1 rings (SSSR count). The van der Waals surface area contributed by atoms with Crippen LogP contribution in [0.2, 0.25) is 0 Å². The molecule has 0 aliphatic carbocycles. The number of esters is 1. The number of ether oxygens (including phenoxy) is 3. The van der Waals surface area contributed by atoms with Gasteiger partial charge in [-0.1, -0.05) is 267 Å². The maximum atomic E-state index is 13.4. The molecule has 1 aliphatic rings. The Kier molecular flexibility index (Phi) is 50.3. The predicted octanol–water partition coefficient (Wildman–Crippen LogP) is 15.2. The van der Waals surface area contributed by atoms with E-state index in [0.29, 0.717) is 12.8 Å². The lowest BCUT2D eigenvalue weighted by Crippen LogP contribution is -2.61. The molecule has 0 radical (unpaired) electrons. The van der Waals surface area contributed by atoms with Gasteiger partial charge in [-0.3, -0.25) is 9.59 Å². The fourth-order valence-corrected chi connectivity index (χ4v) is 9.66. The fourth-order valence-electron chi connectivity index (χ4n) is 9.66. The Hall–Kier alpha value is -2.90. The molecule has 1 fully saturated rings. The summed E-state index contributed by atoms with van der Waals surface area (Å²) < 4.78 is 17.6. The van der Waals surface area contributed by atoms with Gasteiger partial charge in [0.1, 0.15) is 24.4 Å². The number of nitrogens with one attached hydrogen (secondary N) is 1. The van der Waals surface area contributed by atoms with Gasteiger partial charge in [0.05, 0.1) is 25.4 Å². The van der Waals surface area contributed by atoms with E-state index in [1.807, 2.05) is 48.6 Å². The van der Waals surface area contributed by atoms with E-state index in [9.17, 15) is 35.1 Å². The van der Waals surface area contributed by atoms with Crippen molar-refractivity contribution in [2.75, 3.05) is 13.2 Å². The third-order valence-corrected chi connectivity index (χ3v) is 14.7. The van der Waals surface area contributed by atoms with Crippen LogP contribution in [0.25, 0.3) is 0 Å². The molecule has 0 aromatic heterocycles. The summed E-state index contributed by atoms with van der Waals surface area (Å²) in [6.45, 7) is 5.62. The molecule has 1 saturated heterocycles. The Balaban J connectivity index is 2.63. The number of hydrogen-bond acceptors (Lipinski definition) is 10. The average Bonchev–Trinajstić information content (AvgIpc) is 3.43. The zero-order valence-corrected chi connectivity index (χ0v) is 49.3. The molecule has 1 aliphatic heterocycles. The van der Waals surface area contributed by atoms with Crippen molar-refractivity contribution >= 4 is 11.9 Å². The maximum absolute atomic E-state index is 13.4. The number of aliphatic hydroxyl groups excluding tert-OH is 5. The Morgan fingerprint density at radius 2 is 0.948 bits per heavy atom. The van der Waals surface area contributed by atoms with Gasteiger partial charge in [-0.15, -0.1) is 0 Å². The first-order valence-corrected chi connectivity index (χ1v) is 31.8. The quantitative estimate of drug-likeness (QED) is 0.0149. The van der Waals surface area contributed by atoms with Gasteiger partial charge in [0, 0.05) is 6.42 Å². The van der Waals surface area contributed by atoms with Crippen LogP contribution in [0.15, 0.2) is 72.9 Å². The summed E-state index contributed by atoms with van der Waals surface area (Å²) in [6, 6.07) is -1.05. The topological polar surface area (TPSA) is 175 Å². The van der Waals surface area contributed by atoms with Gasteiger partial charge in [0.2, 0.25) is 5.91 Å². The summed E-state index contributed by atoms with van der Waals surface area (Å²) in [5.41, 5.74) is 0. The van der Waals surface area contributed by atoms with Crippen LogP contribution in [-0.4, -0.2) is 99.6 Å². The molecule has 0 saturated carbocycles. The highest BCUT2D eigenvalue weighted by Crippen LogP contribution is 2.26. The summed E-state index contributed by atoms with van der Waals surface area (Å²) in [4.78, 5) is 26.5. The summed E-state index contributed by atoms with van der Waals surface area (Å²) in [5.74, 6) is -1.23. The van der Waals surface area contributed by atoms with Crippen molar-refractivity contribution < 1.29 is 49.3 Å². The van der Waals surface area contributed by atoms with Gasteiger partial charge >= 0.3 is 5.97 Å². The molecule has 11 heteroatoms. The number of aliphatic hydroxyl groups is 5. The van der Waals surface area contributed by atoms with E-state index in [2.05, 4.69) is 44.3 Å². The van der Waals surface area contributed by atoms with Crippen LogP contribution in [0.1, 0.15) is 271 Å². The van der Waals surface area contributed by atoms with E-state index >= 15 is 0 Å².